The third kappa shape index (κ3) is 2.84. The molecule has 2 unspecified atom stereocenters. The molecule has 16 heavy (non-hydrogen) atoms. The molecule has 1 saturated heterocycles. The van der Waals surface area contributed by atoms with E-state index in [0.29, 0.717) is 5.92 Å². The number of halogens is 1. The van der Waals surface area contributed by atoms with Crippen LogP contribution in [0.4, 0.5) is 0 Å². The van der Waals surface area contributed by atoms with Crippen molar-refractivity contribution in [3.05, 3.63) is 20.8 Å². The molecule has 1 amide bonds. The number of hydrogen-bond acceptors (Lipinski definition) is 3. The van der Waals surface area contributed by atoms with Gasteiger partial charge in [0.25, 0.3) is 5.91 Å². The number of carbonyl (C=O) groups is 1. The van der Waals surface area contributed by atoms with Gasteiger partial charge in [-0.05, 0) is 35.3 Å². The fourth-order valence-electron chi connectivity index (χ4n) is 1.78. The molecule has 1 N–H and O–H groups in total. The van der Waals surface area contributed by atoms with Crippen molar-refractivity contribution in [2.75, 3.05) is 13.2 Å². The van der Waals surface area contributed by atoms with Gasteiger partial charge in [-0.15, -0.1) is 11.3 Å². The predicted octanol–water partition coefficient (Wildman–Crippen LogP) is 2.67. The second-order valence-electron chi connectivity index (χ2n) is 4.03. The highest BCUT2D eigenvalue weighted by Crippen LogP contribution is 2.21. The molecule has 0 radical (unpaired) electrons. The average molecular weight is 304 g/mol. The number of hydrogen-bond donors (Lipinski definition) is 1. The summed E-state index contributed by atoms with van der Waals surface area (Å²) in [7, 11) is 0. The normalized spacial score (nSPS) is 22.0. The van der Waals surface area contributed by atoms with Crippen molar-refractivity contribution < 1.29 is 9.53 Å². The average Bonchev–Trinajstić information content (AvgIpc) is 2.87. The van der Waals surface area contributed by atoms with Crippen LogP contribution in [0.15, 0.2) is 15.2 Å². The minimum Gasteiger partial charge on any atom is -0.381 e. The summed E-state index contributed by atoms with van der Waals surface area (Å²) in [5, 5.41) is 4.88. The Hall–Kier alpha value is -0.390. The quantitative estimate of drug-likeness (QED) is 0.932. The molecule has 1 aliphatic rings. The van der Waals surface area contributed by atoms with Gasteiger partial charge in [0.2, 0.25) is 0 Å². The molecule has 0 aromatic carbocycles. The Bertz CT molecular complexity index is 374. The fourth-order valence-corrected chi connectivity index (χ4v) is 2.92. The second-order valence-corrected chi connectivity index (χ2v) is 6.32. The minimum atomic E-state index is 0.00125. The van der Waals surface area contributed by atoms with Crippen LogP contribution in [-0.2, 0) is 4.74 Å². The summed E-state index contributed by atoms with van der Waals surface area (Å²) in [6, 6.07) is 2.02. The zero-order valence-electron chi connectivity index (χ0n) is 9.03. The van der Waals surface area contributed by atoms with E-state index in [4.69, 9.17) is 4.74 Å². The van der Waals surface area contributed by atoms with Crippen LogP contribution in [0.3, 0.4) is 0 Å². The molecular formula is C11H14BrNO2S. The van der Waals surface area contributed by atoms with Crippen molar-refractivity contribution in [3.63, 3.8) is 0 Å². The van der Waals surface area contributed by atoms with Crippen LogP contribution in [0.5, 0.6) is 0 Å². The van der Waals surface area contributed by atoms with Crippen molar-refractivity contribution in [3.8, 4) is 0 Å². The summed E-state index contributed by atoms with van der Waals surface area (Å²) in [6.45, 7) is 3.61. The van der Waals surface area contributed by atoms with Gasteiger partial charge in [-0.1, -0.05) is 0 Å². The molecule has 1 fully saturated rings. The Morgan fingerprint density at radius 2 is 2.56 bits per heavy atom. The van der Waals surface area contributed by atoms with E-state index in [2.05, 4.69) is 21.2 Å². The maximum atomic E-state index is 11.9. The number of nitrogens with one attached hydrogen (secondary N) is 1. The lowest BCUT2D eigenvalue weighted by Crippen LogP contribution is -2.38. The van der Waals surface area contributed by atoms with Gasteiger partial charge in [-0.2, -0.15) is 0 Å². The zero-order chi connectivity index (χ0) is 11.5. The molecule has 1 aliphatic heterocycles. The number of amides is 1. The second kappa shape index (κ2) is 5.29. The van der Waals surface area contributed by atoms with Gasteiger partial charge in [0.1, 0.15) is 0 Å². The zero-order valence-corrected chi connectivity index (χ0v) is 11.4. The first-order chi connectivity index (χ1) is 7.66. The van der Waals surface area contributed by atoms with Gasteiger partial charge >= 0.3 is 0 Å². The number of thiophene rings is 1. The number of carbonyl (C=O) groups excluding carboxylic acids is 1. The molecule has 88 valence electrons. The van der Waals surface area contributed by atoms with Crippen molar-refractivity contribution in [2.24, 2.45) is 5.92 Å². The lowest BCUT2D eigenvalue weighted by Gasteiger charge is -2.18. The maximum Gasteiger partial charge on any atom is 0.252 e. The molecule has 3 nitrogen and oxygen atoms in total. The van der Waals surface area contributed by atoms with Gasteiger partial charge in [0, 0.05) is 23.9 Å². The van der Waals surface area contributed by atoms with Gasteiger partial charge in [0.15, 0.2) is 0 Å². The van der Waals surface area contributed by atoms with Crippen molar-refractivity contribution in [1.82, 2.24) is 5.32 Å². The van der Waals surface area contributed by atoms with E-state index in [9.17, 15) is 4.79 Å². The molecule has 2 heterocycles. The van der Waals surface area contributed by atoms with E-state index >= 15 is 0 Å². The smallest absolute Gasteiger partial charge is 0.252 e. The van der Waals surface area contributed by atoms with Crippen LogP contribution in [0, 0.1) is 5.92 Å². The highest BCUT2D eigenvalue weighted by atomic mass is 79.9. The molecule has 0 aliphatic carbocycles. The van der Waals surface area contributed by atoms with Crippen LogP contribution in [0.25, 0.3) is 0 Å². The molecule has 1 aromatic heterocycles. The lowest BCUT2D eigenvalue weighted by atomic mass is 10.0. The monoisotopic (exact) mass is 303 g/mol. The van der Waals surface area contributed by atoms with Gasteiger partial charge < -0.3 is 10.1 Å². The Balaban J connectivity index is 1.91. The largest absolute Gasteiger partial charge is 0.381 e. The topological polar surface area (TPSA) is 38.3 Å². The van der Waals surface area contributed by atoms with Crippen LogP contribution in [0.2, 0.25) is 0 Å². The van der Waals surface area contributed by atoms with Crippen molar-refractivity contribution >= 4 is 33.2 Å². The molecule has 2 rings (SSSR count). The molecule has 0 saturated carbocycles. The summed E-state index contributed by atoms with van der Waals surface area (Å²) in [6.07, 6.45) is 1.04. The molecule has 0 spiro atoms. The Kier molecular flexibility index (Phi) is 4.00. The summed E-state index contributed by atoms with van der Waals surface area (Å²) in [5.74, 6) is 0.451. The van der Waals surface area contributed by atoms with E-state index < -0.39 is 0 Å². The molecular weight excluding hydrogens is 290 g/mol. The first kappa shape index (κ1) is 12.1. The van der Waals surface area contributed by atoms with Crippen LogP contribution in [-0.4, -0.2) is 25.2 Å². The summed E-state index contributed by atoms with van der Waals surface area (Å²) in [4.78, 5) is 11.9. The van der Waals surface area contributed by atoms with Crippen LogP contribution < -0.4 is 5.32 Å². The maximum absolute atomic E-state index is 11.9. The fraction of sp³-hybridized carbons (Fsp3) is 0.545. The van der Waals surface area contributed by atoms with E-state index in [1.165, 1.54) is 11.3 Å². The van der Waals surface area contributed by atoms with Crippen molar-refractivity contribution in [1.29, 1.82) is 0 Å². The lowest BCUT2D eigenvalue weighted by molar-refractivity contribution is 0.0922. The van der Waals surface area contributed by atoms with Gasteiger partial charge in [-0.25, -0.2) is 0 Å². The third-order valence-electron chi connectivity index (χ3n) is 2.86. The number of ether oxygens (including phenoxy) is 1. The van der Waals surface area contributed by atoms with E-state index in [1.54, 1.807) is 0 Å². The molecule has 0 bridgehead atoms. The standard InChI is InChI=1S/C11H14BrNO2S/c1-7(8-2-3-15-5-8)13-11(14)9-4-10(12)16-6-9/h4,6-8H,2-3,5H2,1H3,(H,13,14). The van der Waals surface area contributed by atoms with E-state index in [-0.39, 0.29) is 11.9 Å². The highest BCUT2D eigenvalue weighted by Gasteiger charge is 2.23. The Morgan fingerprint density at radius 1 is 1.75 bits per heavy atom. The number of rotatable bonds is 3. The first-order valence-corrected chi connectivity index (χ1v) is 6.96. The minimum absolute atomic E-state index is 0.00125. The SMILES string of the molecule is CC(NC(=O)c1csc(Br)c1)C1CCOC1. The Labute approximate surface area is 107 Å². The van der Waals surface area contributed by atoms with Crippen LogP contribution in [0.1, 0.15) is 23.7 Å². The summed E-state index contributed by atoms with van der Waals surface area (Å²) >= 11 is 4.87. The molecule has 1 aromatic rings. The summed E-state index contributed by atoms with van der Waals surface area (Å²) in [5.41, 5.74) is 0.725. The van der Waals surface area contributed by atoms with E-state index in [1.807, 2.05) is 18.4 Å². The third-order valence-corrected chi connectivity index (χ3v) is 4.36. The first-order valence-electron chi connectivity index (χ1n) is 5.29. The summed E-state index contributed by atoms with van der Waals surface area (Å²) < 4.78 is 6.29. The van der Waals surface area contributed by atoms with Crippen LogP contribution >= 0.6 is 27.3 Å². The Morgan fingerprint density at radius 3 is 3.12 bits per heavy atom. The van der Waals surface area contributed by atoms with Crippen molar-refractivity contribution in [2.45, 2.75) is 19.4 Å². The van der Waals surface area contributed by atoms with E-state index in [0.717, 1.165) is 29.0 Å². The van der Waals surface area contributed by atoms with Gasteiger partial charge in [0.05, 0.1) is 16.0 Å². The highest BCUT2D eigenvalue weighted by molar-refractivity contribution is 9.11. The molecule has 2 atom stereocenters. The predicted molar refractivity (Wildman–Crippen MR) is 67.9 cm³/mol. The molecule has 5 heteroatoms. The van der Waals surface area contributed by atoms with Gasteiger partial charge in [-0.3, -0.25) is 4.79 Å².